The lowest BCUT2D eigenvalue weighted by molar-refractivity contribution is 0.472. The Bertz CT molecular complexity index is 335. The van der Waals surface area contributed by atoms with Crippen LogP contribution in [-0.2, 0) is 5.41 Å². The van der Waals surface area contributed by atoms with Gasteiger partial charge < -0.3 is 5.11 Å². The van der Waals surface area contributed by atoms with Crippen LogP contribution < -0.4 is 0 Å². The molecule has 1 nitrogen and oxygen atoms in total. The zero-order valence-corrected chi connectivity index (χ0v) is 7.66. The highest BCUT2D eigenvalue weighted by Gasteiger charge is 2.54. The van der Waals surface area contributed by atoms with E-state index in [1.807, 2.05) is 12.1 Å². The fourth-order valence-corrected chi connectivity index (χ4v) is 2.52. The van der Waals surface area contributed by atoms with Gasteiger partial charge in [-0.3, -0.25) is 0 Å². The second kappa shape index (κ2) is 2.28. The van der Waals surface area contributed by atoms with Crippen molar-refractivity contribution in [3.63, 3.8) is 0 Å². The summed E-state index contributed by atoms with van der Waals surface area (Å²) in [7, 11) is 0. The van der Waals surface area contributed by atoms with Gasteiger partial charge in [0.1, 0.15) is 5.75 Å². The van der Waals surface area contributed by atoms with Crippen molar-refractivity contribution in [1.29, 1.82) is 0 Å². The Balaban J connectivity index is 1.99. The molecule has 1 aromatic rings. The first-order valence-corrected chi connectivity index (χ1v) is 5.11. The number of rotatable bonds is 2. The average molecular weight is 174 g/mol. The Morgan fingerprint density at radius 3 is 2.54 bits per heavy atom. The van der Waals surface area contributed by atoms with Crippen molar-refractivity contribution in [2.75, 3.05) is 0 Å². The van der Waals surface area contributed by atoms with Crippen LogP contribution in [0.1, 0.15) is 31.2 Å². The highest BCUT2D eigenvalue weighted by molar-refractivity contribution is 5.38. The summed E-state index contributed by atoms with van der Waals surface area (Å²) in [6, 6.07) is 7.84. The smallest absolute Gasteiger partial charge is 0.115 e. The van der Waals surface area contributed by atoms with Gasteiger partial charge in [0, 0.05) is 0 Å². The lowest BCUT2D eigenvalue weighted by atomic mass is 9.91. The van der Waals surface area contributed by atoms with E-state index in [1.165, 1.54) is 31.2 Å². The summed E-state index contributed by atoms with van der Waals surface area (Å²) in [5, 5.41) is 9.41. The minimum Gasteiger partial charge on any atom is -0.508 e. The summed E-state index contributed by atoms with van der Waals surface area (Å²) in [5.41, 5.74) is 1.86. The molecule has 0 unspecified atom stereocenters. The van der Waals surface area contributed by atoms with Gasteiger partial charge in [0.25, 0.3) is 0 Å². The monoisotopic (exact) mass is 174 g/mol. The lowest BCUT2D eigenvalue weighted by Crippen LogP contribution is -2.08. The molecule has 0 bridgehead atoms. The van der Waals surface area contributed by atoms with Crippen molar-refractivity contribution in [1.82, 2.24) is 0 Å². The van der Waals surface area contributed by atoms with E-state index in [0.29, 0.717) is 11.2 Å². The zero-order chi connectivity index (χ0) is 8.89. The van der Waals surface area contributed by atoms with Crippen molar-refractivity contribution in [2.45, 2.75) is 31.1 Å². The maximum Gasteiger partial charge on any atom is 0.115 e. The fraction of sp³-hybridized carbons (Fsp3) is 0.500. The van der Waals surface area contributed by atoms with Gasteiger partial charge in [0.15, 0.2) is 0 Å². The molecule has 1 heteroatoms. The van der Waals surface area contributed by atoms with E-state index in [9.17, 15) is 5.11 Å². The molecule has 0 amide bonds. The van der Waals surface area contributed by atoms with Crippen LogP contribution in [0.3, 0.4) is 0 Å². The van der Waals surface area contributed by atoms with E-state index in [4.69, 9.17) is 0 Å². The fourth-order valence-electron chi connectivity index (χ4n) is 2.52. The first-order valence-electron chi connectivity index (χ1n) is 5.11. The number of hydrogen-bond donors (Lipinski definition) is 1. The molecule has 68 valence electrons. The maximum absolute atomic E-state index is 9.41. The number of benzene rings is 1. The molecule has 3 rings (SSSR count). The molecule has 2 aliphatic carbocycles. The van der Waals surface area contributed by atoms with Gasteiger partial charge in [0.05, 0.1) is 0 Å². The van der Waals surface area contributed by atoms with Crippen LogP contribution in [0, 0.1) is 5.92 Å². The molecule has 0 saturated heterocycles. The van der Waals surface area contributed by atoms with Crippen LogP contribution in [0.25, 0.3) is 0 Å². The SMILES string of the molecule is Oc1cccc(C2(C3CC3)CC2)c1. The molecule has 0 aromatic heterocycles. The summed E-state index contributed by atoms with van der Waals surface area (Å²) in [4.78, 5) is 0. The standard InChI is InChI=1S/C12H14O/c13-11-3-1-2-10(8-11)12(6-7-12)9-4-5-9/h1-3,8-9,13H,4-7H2. The van der Waals surface area contributed by atoms with Gasteiger partial charge in [-0.05, 0) is 54.7 Å². The topological polar surface area (TPSA) is 20.2 Å². The Morgan fingerprint density at radius 2 is 2.00 bits per heavy atom. The van der Waals surface area contributed by atoms with Crippen LogP contribution >= 0.6 is 0 Å². The second-order valence-electron chi connectivity index (χ2n) is 4.48. The molecule has 13 heavy (non-hydrogen) atoms. The minimum absolute atomic E-state index is 0.421. The van der Waals surface area contributed by atoms with Gasteiger partial charge in [-0.1, -0.05) is 12.1 Å². The third kappa shape index (κ3) is 1.06. The molecule has 2 fully saturated rings. The lowest BCUT2D eigenvalue weighted by Gasteiger charge is -2.14. The minimum atomic E-state index is 0.421. The summed E-state index contributed by atoms with van der Waals surface area (Å²) in [6.45, 7) is 0. The third-order valence-corrected chi connectivity index (χ3v) is 3.57. The first kappa shape index (κ1) is 7.43. The van der Waals surface area contributed by atoms with E-state index in [1.54, 1.807) is 6.07 Å². The highest BCUT2D eigenvalue weighted by Crippen LogP contribution is 2.62. The number of aromatic hydroxyl groups is 1. The molecule has 1 aromatic carbocycles. The van der Waals surface area contributed by atoms with E-state index < -0.39 is 0 Å². The predicted octanol–water partition coefficient (Wildman–Crippen LogP) is 2.83. The zero-order valence-electron chi connectivity index (χ0n) is 7.66. The molecule has 0 radical (unpaired) electrons. The third-order valence-electron chi connectivity index (χ3n) is 3.57. The summed E-state index contributed by atoms with van der Waals surface area (Å²) in [5.74, 6) is 1.35. The Labute approximate surface area is 78.4 Å². The van der Waals surface area contributed by atoms with E-state index in [-0.39, 0.29) is 0 Å². The molecule has 0 spiro atoms. The van der Waals surface area contributed by atoms with Crippen LogP contribution in [0.15, 0.2) is 24.3 Å². The van der Waals surface area contributed by atoms with Crippen molar-refractivity contribution in [3.8, 4) is 5.75 Å². The van der Waals surface area contributed by atoms with Gasteiger partial charge in [0.2, 0.25) is 0 Å². The Kier molecular flexibility index (Phi) is 1.30. The van der Waals surface area contributed by atoms with Crippen LogP contribution in [-0.4, -0.2) is 5.11 Å². The molecular formula is C12H14O. The molecular weight excluding hydrogens is 160 g/mol. The Hall–Kier alpha value is -0.980. The summed E-state index contributed by atoms with van der Waals surface area (Å²) < 4.78 is 0. The van der Waals surface area contributed by atoms with Crippen molar-refractivity contribution in [2.24, 2.45) is 5.92 Å². The molecule has 2 saturated carbocycles. The molecule has 1 N–H and O–H groups in total. The van der Waals surface area contributed by atoms with E-state index in [2.05, 4.69) is 6.07 Å². The van der Waals surface area contributed by atoms with Crippen LogP contribution in [0.4, 0.5) is 0 Å². The normalized spacial score (nSPS) is 24.3. The van der Waals surface area contributed by atoms with E-state index >= 15 is 0 Å². The number of phenols is 1. The van der Waals surface area contributed by atoms with Gasteiger partial charge >= 0.3 is 0 Å². The first-order chi connectivity index (χ1) is 6.31. The number of hydrogen-bond acceptors (Lipinski definition) is 1. The average Bonchev–Trinajstić information content (AvgIpc) is 2.99. The second-order valence-corrected chi connectivity index (χ2v) is 4.48. The Morgan fingerprint density at radius 1 is 1.23 bits per heavy atom. The van der Waals surface area contributed by atoms with Crippen LogP contribution in [0.5, 0.6) is 5.75 Å². The van der Waals surface area contributed by atoms with Gasteiger partial charge in [-0.15, -0.1) is 0 Å². The predicted molar refractivity (Wildman–Crippen MR) is 51.7 cm³/mol. The quantitative estimate of drug-likeness (QED) is 0.731. The van der Waals surface area contributed by atoms with Gasteiger partial charge in [-0.2, -0.15) is 0 Å². The molecule has 2 aliphatic rings. The van der Waals surface area contributed by atoms with Crippen LogP contribution in [0.2, 0.25) is 0 Å². The molecule has 0 heterocycles. The highest BCUT2D eigenvalue weighted by atomic mass is 16.3. The van der Waals surface area contributed by atoms with E-state index in [0.717, 1.165) is 5.92 Å². The largest absolute Gasteiger partial charge is 0.508 e. The van der Waals surface area contributed by atoms with Crippen molar-refractivity contribution < 1.29 is 5.11 Å². The number of phenolic OH excluding ortho intramolecular Hbond substituents is 1. The van der Waals surface area contributed by atoms with Crippen molar-refractivity contribution in [3.05, 3.63) is 29.8 Å². The van der Waals surface area contributed by atoms with Gasteiger partial charge in [-0.25, -0.2) is 0 Å². The molecule has 0 atom stereocenters. The maximum atomic E-state index is 9.41. The van der Waals surface area contributed by atoms with Crippen molar-refractivity contribution >= 4 is 0 Å². The summed E-state index contributed by atoms with van der Waals surface area (Å²) in [6.07, 6.45) is 5.47. The summed E-state index contributed by atoms with van der Waals surface area (Å²) >= 11 is 0. The molecule has 0 aliphatic heterocycles.